The first-order valence-corrected chi connectivity index (χ1v) is 8.17. The lowest BCUT2D eigenvalue weighted by molar-refractivity contribution is 0.0705. The molecular formula is C18H21N5O2. The summed E-state index contributed by atoms with van der Waals surface area (Å²) < 4.78 is 1.85. The van der Waals surface area contributed by atoms with Crippen LogP contribution in [0.25, 0.3) is 0 Å². The summed E-state index contributed by atoms with van der Waals surface area (Å²) in [5.74, 6) is -0.0973. The number of aliphatic hydroxyl groups excluding tert-OH is 1. The number of fused-ring (bicyclic) bond motifs is 1. The number of aliphatic hydroxyl groups is 1. The average Bonchev–Trinajstić information content (AvgIpc) is 3.04. The molecule has 1 aromatic heterocycles. The lowest BCUT2D eigenvalue weighted by Crippen LogP contribution is -2.38. The Hall–Kier alpha value is -2.69. The van der Waals surface area contributed by atoms with E-state index in [1.54, 1.807) is 29.2 Å². The van der Waals surface area contributed by atoms with Gasteiger partial charge in [-0.2, -0.15) is 10.4 Å². The van der Waals surface area contributed by atoms with Crippen molar-refractivity contribution in [3.8, 4) is 6.07 Å². The third kappa shape index (κ3) is 3.71. The van der Waals surface area contributed by atoms with Crippen molar-refractivity contribution in [2.75, 3.05) is 27.2 Å². The molecule has 0 spiro atoms. The number of amides is 1. The van der Waals surface area contributed by atoms with Crippen LogP contribution < -0.4 is 0 Å². The number of aromatic nitrogens is 2. The van der Waals surface area contributed by atoms with Crippen molar-refractivity contribution in [2.45, 2.75) is 19.2 Å². The largest absolute Gasteiger partial charge is 0.385 e. The third-order valence-electron chi connectivity index (χ3n) is 4.22. The molecule has 0 unspecified atom stereocenters. The summed E-state index contributed by atoms with van der Waals surface area (Å²) in [4.78, 5) is 16.3. The van der Waals surface area contributed by atoms with Crippen LogP contribution in [0.3, 0.4) is 0 Å². The first-order valence-electron chi connectivity index (χ1n) is 8.17. The van der Waals surface area contributed by atoms with Crippen molar-refractivity contribution >= 4 is 5.91 Å². The molecule has 1 aliphatic rings. The highest BCUT2D eigenvalue weighted by molar-refractivity contribution is 5.94. The van der Waals surface area contributed by atoms with Crippen LogP contribution in [0.1, 0.15) is 33.4 Å². The second kappa shape index (κ2) is 7.05. The monoisotopic (exact) mass is 339 g/mol. The molecule has 1 atom stereocenters. The molecule has 1 N–H and O–H groups in total. The minimum atomic E-state index is -0.649. The molecule has 130 valence electrons. The number of likely N-dealkylation sites (N-methyl/N-ethyl adjacent to an activating group) is 1. The summed E-state index contributed by atoms with van der Waals surface area (Å²) in [7, 11) is 3.80. The second-order valence-electron chi connectivity index (χ2n) is 6.48. The zero-order valence-electron chi connectivity index (χ0n) is 14.4. The SMILES string of the molecule is CN(C)C[C@@H](O)c1cc2n(n1)CCN(C(=O)c1cccc(C#N)c1)C2. The Bertz CT molecular complexity index is 821. The van der Waals surface area contributed by atoms with Crippen LogP contribution in [0.4, 0.5) is 0 Å². The fourth-order valence-corrected chi connectivity index (χ4v) is 2.97. The topological polar surface area (TPSA) is 85.4 Å². The molecule has 7 heteroatoms. The molecule has 1 aliphatic heterocycles. The smallest absolute Gasteiger partial charge is 0.254 e. The van der Waals surface area contributed by atoms with E-state index in [0.717, 1.165) is 5.69 Å². The Kier molecular flexibility index (Phi) is 4.83. The van der Waals surface area contributed by atoms with Gasteiger partial charge in [-0.1, -0.05) is 6.07 Å². The Morgan fingerprint density at radius 2 is 2.20 bits per heavy atom. The van der Waals surface area contributed by atoms with Crippen LogP contribution in [0.5, 0.6) is 0 Å². The number of benzene rings is 1. The van der Waals surface area contributed by atoms with Gasteiger partial charge in [0.05, 0.1) is 36.1 Å². The molecule has 1 aromatic carbocycles. The number of hydrogen-bond acceptors (Lipinski definition) is 5. The summed E-state index contributed by atoms with van der Waals surface area (Å²) >= 11 is 0. The van der Waals surface area contributed by atoms with E-state index < -0.39 is 6.10 Å². The predicted octanol–water partition coefficient (Wildman–Crippen LogP) is 1.01. The van der Waals surface area contributed by atoms with Crippen LogP contribution in [0.2, 0.25) is 0 Å². The lowest BCUT2D eigenvalue weighted by atomic mass is 10.1. The molecule has 2 heterocycles. The Balaban J connectivity index is 1.75. The van der Waals surface area contributed by atoms with Gasteiger partial charge in [0.15, 0.2) is 0 Å². The molecular weight excluding hydrogens is 318 g/mol. The van der Waals surface area contributed by atoms with E-state index in [2.05, 4.69) is 11.2 Å². The van der Waals surface area contributed by atoms with Gasteiger partial charge in [0, 0.05) is 18.7 Å². The summed E-state index contributed by atoms with van der Waals surface area (Å²) in [6, 6.07) is 10.7. The molecule has 0 bridgehead atoms. The van der Waals surface area contributed by atoms with Crippen molar-refractivity contribution in [1.82, 2.24) is 19.6 Å². The summed E-state index contributed by atoms with van der Waals surface area (Å²) in [5, 5.41) is 23.7. The van der Waals surface area contributed by atoms with E-state index in [9.17, 15) is 9.90 Å². The highest BCUT2D eigenvalue weighted by Crippen LogP contribution is 2.20. The average molecular weight is 339 g/mol. The Labute approximate surface area is 146 Å². The zero-order valence-corrected chi connectivity index (χ0v) is 14.4. The molecule has 0 aliphatic carbocycles. The van der Waals surface area contributed by atoms with E-state index >= 15 is 0 Å². The summed E-state index contributed by atoms with van der Waals surface area (Å²) in [6.45, 7) is 2.08. The first-order chi connectivity index (χ1) is 12.0. The number of carbonyl (C=O) groups excluding carboxylic acids is 1. The van der Waals surface area contributed by atoms with Gasteiger partial charge in [0.2, 0.25) is 0 Å². The molecule has 0 fully saturated rings. The highest BCUT2D eigenvalue weighted by Gasteiger charge is 2.25. The molecule has 2 aromatic rings. The van der Waals surface area contributed by atoms with E-state index in [4.69, 9.17) is 5.26 Å². The Morgan fingerprint density at radius 1 is 1.40 bits per heavy atom. The van der Waals surface area contributed by atoms with Crippen molar-refractivity contribution in [3.05, 3.63) is 52.8 Å². The Morgan fingerprint density at radius 3 is 2.92 bits per heavy atom. The standard InChI is InChI=1S/C18H21N5O2/c1-21(2)12-17(24)16-9-15-11-22(6-7-23(15)20-16)18(25)14-5-3-4-13(8-14)10-19/h3-5,8-9,17,24H,6-7,11-12H2,1-2H3/t17-/m1/s1. The molecule has 0 radical (unpaired) electrons. The maximum Gasteiger partial charge on any atom is 0.254 e. The van der Waals surface area contributed by atoms with Crippen molar-refractivity contribution < 1.29 is 9.90 Å². The van der Waals surface area contributed by atoms with Crippen LogP contribution in [0, 0.1) is 11.3 Å². The van der Waals surface area contributed by atoms with E-state index in [-0.39, 0.29) is 5.91 Å². The van der Waals surface area contributed by atoms with Gasteiger partial charge in [-0.3, -0.25) is 9.48 Å². The van der Waals surface area contributed by atoms with Gasteiger partial charge < -0.3 is 14.9 Å². The lowest BCUT2D eigenvalue weighted by Gasteiger charge is -2.27. The van der Waals surface area contributed by atoms with Gasteiger partial charge in [-0.15, -0.1) is 0 Å². The number of nitrogens with zero attached hydrogens (tertiary/aromatic N) is 5. The van der Waals surface area contributed by atoms with Gasteiger partial charge in [-0.25, -0.2) is 0 Å². The van der Waals surface area contributed by atoms with Crippen LogP contribution in [-0.4, -0.2) is 57.8 Å². The zero-order chi connectivity index (χ0) is 18.0. The quantitative estimate of drug-likeness (QED) is 0.898. The van der Waals surface area contributed by atoms with Crippen LogP contribution in [-0.2, 0) is 13.1 Å². The summed E-state index contributed by atoms with van der Waals surface area (Å²) in [5.41, 5.74) is 2.52. The minimum Gasteiger partial charge on any atom is -0.385 e. The number of hydrogen-bond donors (Lipinski definition) is 1. The van der Waals surface area contributed by atoms with Gasteiger partial charge >= 0.3 is 0 Å². The van der Waals surface area contributed by atoms with Crippen molar-refractivity contribution in [2.24, 2.45) is 0 Å². The predicted molar refractivity (Wildman–Crippen MR) is 91.6 cm³/mol. The maximum absolute atomic E-state index is 12.7. The minimum absolute atomic E-state index is 0.0973. The normalized spacial score (nSPS) is 14.9. The number of nitriles is 1. The molecule has 25 heavy (non-hydrogen) atoms. The molecule has 0 saturated carbocycles. The van der Waals surface area contributed by atoms with Crippen LogP contribution in [0.15, 0.2) is 30.3 Å². The van der Waals surface area contributed by atoms with E-state index in [1.807, 2.05) is 29.7 Å². The molecule has 3 rings (SSSR count). The van der Waals surface area contributed by atoms with Gasteiger partial charge in [-0.05, 0) is 38.4 Å². The first kappa shape index (κ1) is 17.1. The fraction of sp³-hybridized carbons (Fsp3) is 0.389. The number of rotatable bonds is 4. The fourth-order valence-electron chi connectivity index (χ4n) is 2.97. The van der Waals surface area contributed by atoms with Crippen molar-refractivity contribution in [3.63, 3.8) is 0 Å². The van der Waals surface area contributed by atoms with Gasteiger partial charge in [0.25, 0.3) is 5.91 Å². The molecule has 0 saturated heterocycles. The van der Waals surface area contributed by atoms with E-state index in [1.165, 1.54) is 0 Å². The molecule has 1 amide bonds. The maximum atomic E-state index is 12.7. The van der Waals surface area contributed by atoms with Gasteiger partial charge in [0.1, 0.15) is 6.10 Å². The number of carbonyl (C=O) groups is 1. The second-order valence-corrected chi connectivity index (χ2v) is 6.48. The van der Waals surface area contributed by atoms with E-state index in [0.29, 0.717) is 43.0 Å². The summed E-state index contributed by atoms with van der Waals surface area (Å²) in [6.07, 6.45) is -0.649. The highest BCUT2D eigenvalue weighted by atomic mass is 16.3. The van der Waals surface area contributed by atoms with Crippen LogP contribution >= 0.6 is 0 Å². The third-order valence-corrected chi connectivity index (χ3v) is 4.22. The molecule has 7 nitrogen and oxygen atoms in total. The van der Waals surface area contributed by atoms with Crippen molar-refractivity contribution in [1.29, 1.82) is 5.26 Å².